The van der Waals surface area contributed by atoms with E-state index in [0.29, 0.717) is 0 Å². The van der Waals surface area contributed by atoms with Gasteiger partial charge in [-0.05, 0) is 13.1 Å². The molecule has 24 valence electrons. The molecule has 0 saturated carbocycles. The van der Waals surface area contributed by atoms with Gasteiger partial charge in [-0.2, -0.15) is 0 Å². The molecule has 0 aliphatic carbocycles. The quantitative estimate of drug-likeness (QED) is 0.288. The summed E-state index contributed by atoms with van der Waals surface area (Å²) in [6.07, 6.45) is 0. The second-order valence-corrected chi connectivity index (χ2v) is 1.45. The van der Waals surface area contributed by atoms with Crippen molar-refractivity contribution in [2.24, 2.45) is 0 Å². The van der Waals surface area contributed by atoms with Crippen LogP contribution in [0.1, 0.15) is 0 Å². The molecule has 4 heavy (non-hydrogen) atoms. The predicted molar refractivity (Wildman–Crippen MR) is 18.9 cm³/mol. The molecule has 0 aromatic rings. The molecule has 1 saturated heterocycles. The van der Waals surface area contributed by atoms with Crippen molar-refractivity contribution in [1.82, 2.24) is 4.31 Å². The molecule has 0 spiro atoms. The minimum atomic E-state index is 1.13. The second kappa shape index (κ2) is 0.626. The lowest BCUT2D eigenvalue weighted by Gasteiger charge is -1.94. The summed E-state index contributed by atoms with van der Waals surface area (Å²) in [6, 6.07) is 0. The summed E-state index contributed by atoms with van der Waals surface area (Å²) in [5, 5.41) is 0. The largest absolute Gasteiger partial charge is 0.702 e. The van der Waals surface area contributed by atoms with Crippen molar-refractivity contribution in [3.05, 3.63) is 0 Å². The average molecular weight is 74.1 g/mol. The first-order chi connectivity index (χ1) is 1.89. The Labute approximate surface area is 31.1 Å². The Morgan fingerprint density at radius 3 is 1.75 bits per heavy atom. The van der Waals surface area contributed by atoms with E-state index in [-0.39, 0.29) is 0 Å². The highest BCUT2D eigenvalue weighted by molar-refractivity contribution is 7.56. The Bertz CT molecular complexity index is 25.2. The molecule has 0 unspecified atom stereocenters. The lowest BCUT2D eigenvalue weighted by Crippen LogP contribution is -1.70. The van der Waals surface area contributed by atoms with Gasteiger partial charge in [0.1, 0.15) is 0 Å². The number of nitrogens with zero attached hydrogens (tertiary/aromatic N) is 1. The Morgan fingerprint density at radius 2 is 1.75 bits per heavy atom. The SMILES string of the molecule is [S-]N1CC1. The van der Waals surface area contributed by atoms with E-state index in [1.165, 1.54) is 0 Å². The molecule has 1 aliphatic heterocycles. The zero-order valence-corrected chi connectivity index (χ0v) is 3.09. The van der Waals surface area contributed by atoms with Gasteiger partial charge >= 0.3 is 0 Å². The monoisotopic (exact) mass is 74.0 g/mol. The molecule has 2 heteroatoms. The molecule has 0 amide bonds. The Morgan fingerprint density at radius 1 is 1.50 bits per heavy atom. The molecule has 0 atom stereocenters. The van der Waals surface area contributed by atoms with E-state index in [9.17, 15) is 0 Å². The molecular formula is C2H4NS-. The standard InChI is InChI=1S/C2H4NS/c4-3-1-2-3/h1-2H2/q-1. The zero-order valence-electron chi connectivity index (χ0n) is 2.27. The molecule has 0 bridgehead atoms. The van der Waals surface area contributed by atoms with Gasteiger partial charge in [-0.1, -0.05) is 0 Å². The highest BCUT2D eigenvalue weighted by Gasteiger charge is 1.97. The van der Waals surface area contributed by atoms with Gasteiger partial charge in [-0.25, -0.2) is 0 Å². The van der Waals surface area contributed by atoms with Crippen LogP contribution in [0.4, 0.5) is 0 Å². The van der Waals surface area contributed by atoms with E-state index < -0.39 is 0 Å². The highest BCUT2D eigenvalue weighted by atomic mass is 32.1. The minimum absolute atomic E-state index is 1.13. The fraction of sp³-hybridized carbons (Fsp3) is 1.00. The molecular weight excluding hydrogens is 70.1 g/mol. The Hall–Kier alpha value is 0.310. The van der Waals surface area contributed by atoms with E-state index >= 15 is 0 Å². The summed E-state index contributed by atoms with van der Waals surface area (Å²) in [4.78, 5) is 0. The van der Waals surface area contributed by atoms with Gasteiger partial charge < -0.3 is 17.1 Å². The first kappa shape index (κ1) is 2.54. The lowest BCUT2D eigenvalue weighted by molar-refractivity contribution is 0.965. The van der Waals surface area contributed by atoms with E-state index in [1.807, 2.05) is 4.31 Å². The van der Waals surface area contributed by atoms with Gasteiger partial charge in [0.15, 0.2) is 0 Å². The van der Waals surface area contributed by atoms with Gasteiger partial charge in [-0.3, -0.25) is 0 Å². The van der Waals surface area contributed by atoms with Crippen LogP contribution < -0.4 is 0 Å². The first-order valence-electron chi connectivity index (χ1n) is 1.32. The molecule has 0 aromatic heterocycles. The van der Waals surface area contributed by atoms with Crippen LogP contribution in [0.5, 0.6) is 0 Å². The van der Waals surface area contributed by atoms with Crippen LogP contribution in [0.25, 0.3) is 0 Å². The van der Waals surface area contributed by atoms with Crippen LogP contribution in [0.3, 0.4) is 0 Å². The molecule has 1 fully saturated rings. The third kappa shape index (κ3) is 0.362. The van der Waals surface area contributed by atoms with Crippen LogP contribution in [0.2, 0.25) is 0 Å². The summed E-state index contributed by atoms with van der Waals surface area (Å²) in [7, 11) is 0. The van der Waals surface area contributed by atoms with Gasteiger partial charge in [0.05, 0.1) is 0 Å². The van der Waals surface area contributed by atoms with E-state index in [4.69, 9.17) is 0 Å². The number of rotatable bonds is 0. The van der Waals surface area contributed by atoms with Gasteiger partial charge in [0.25, 0.3) is 0 Å². The Kier molecular flexibility index (Phi) is 0.398. The van der Waals surface area contributed by atoms with E-state index in [2.05, 4.69) is 12.8 Å². The third-order valence-electron chi connectivity index (χ3n) is 0.406. The topological polar surface area (TPSA) is 3.01 Å². The molecule has 0 N–H and O–H groups in total. The van der Waals surface area contributed by atoms with E-state index in [1.54, 1.807) is 0 Å². The van der Waals surface area contributed by atoms with Crippen LogP contribution in [-0.4, -0.2) is 17.4 Å². The summed E-state index contributed by atoms with van der Waals surface area (Å²) in [5.41, 5.74) is 0. The molecule has 1 aliphatic rings. The van der Waals surface area contributed by atoms with Gasteiger partial charge in [-0.15, -0.1) is 0 Å². The maximum atomic E-state index is 4.56. The van der Waals surface area contributed by atoms with Crippen molar-refractivity contribution >= 4 is 12.8 Å². The number of hydrogen-bond donors (Lipinski definition) is 0. The van der Waals surface area contributed by atoms with Crippen LogP contribution in [0, 0.1) is 0 Å². The summed E-state index contributed by atoms with van der Waals surface area (Å²) >= 11 is 4.56. The molecule has 0 aromatic carbocycles. The average Bonchev–Trinajstić information content (AvgIpc) is 1.75. The predicted octanol–water partition coefficient (Wildman–Crippen LogP) is -0.236. The lowest BCUT2D eigenvalue weighted by atomic mass is 11.0. The summed E-state index contributed by atoms with van der Waals surface area (Å²) in [6.45, 7) is 2.27. The van der Waals surface area contributed by atoms with Crippen molar-refractivity contribution in [1.29, 1.82) is 0 Å². The molecule has 1 rings (SSSR count). The fourth-order valence-electron chi connectivity index (χ4n) is 0.0408. The van der Waals surface area contributed by atoms with Crippen LogP contribution in [0.15, 0.2) is 0 Å². The molecule has 1 nitrogen and oxygen atoms in total. The highest BCUT2D eigenvalue weighted by Crippen LogP contribution is 1.94. The second-order valence-electron chi connectivity index (χ2n) is 0.929. The smallest absolute Gasteiger partial charge is 0.0127 e. The first-order valence-corrected chi connectivity index (χ1v) is 1.68. The maximum Gasteiger partial charge on any atom is -0.0127 e. The van der Waals surface area contributed by atoms with Crippen LogP contribution in [-0.2, 0) is 12.8 Å². The van der Waals surface area contributed by atoms with Crippen LogP contribution >= 0.6 is 0 Å². The molecule has 0 radical (unpaired) electrons. The summed E-state index contributed by atoms with van der Waals surface area (Å²) < 4.78 is 1.83. The zero-order chi connectivity index (χ0) is 2.99. The normalized spacial score (nSPS) is 26.2. The number of hydrogen-bond acceptors (Lipinski definition) is 2. The summed E-state index contributed by atoms with van der Waals surface area (Å²) in [5.74, 6) is 0. The van der Waals surface area contributed by atoms with Crippen molar-refractivity contribution < 1.29 is 0 Å². The van der Waals surface area contributed by atoms with E-state index in [0.717, 1.165) is 13.1 Å². The minimum Gasteiger partial charge on any atom is -0.702 e. The maximum absolute atomic E-state index is 4.56. The Balaban J connectivity index is 2.17. The van der Waals surface area contributed by atoms with Gasteiger partial charge in [0, 0.05) is 0 Å². The van der Waals surface area contributed by atoms with Gasteiger partial charge in [0.2, 0.25) is 0 Å². The third-order valence-corrected chi connectivity index (χ3v) is 0.771. The molecule has 1 heterocycles. The van der Waals surface area contributed by atoms with Crippen molar-refractivity contribution in [2.45, 2.75) is 0 Å². The van der Waals surface area contributed by atoms with Crippen molar-refractivity contribution in [3.8, 4) is 0 Å². The van der Waals surface area contributed by atoms with Crippen molar-refractivity contribution in [2.75, 3.05) is 13.1 Å². The van der Waals surface area contributed by atoms with Crippen molar-refractivity contribution in [3.63, 3.8) is 0 Å². The fourth-order valence-corrected chi connectivity index (χ4v) is 0.122.